The molecular weight excluding hydrogens is 302 g/mol. The van der Waals surface area contributed by atoms with Crippen LogP contribution < -0.4 is 0 Å². The first kappa shape index (κ1) is 16.8. The van der Waals surface area contributed by atoms with E-state index in [-0.39, 0.29) is 17.4 Å². The highest BCUT2D eigenvalue weighted by Crippen LogP contribution is 2.29. The van der Waals surface area contributed by atoms with Gasteiger partial charge in [-0.3, -0.25) is 4.79 Å². The van der Waals surface area contributed by atoms with Gasteiger partial charge in [-0.05, 0) is 38.5 Å². The van der Waals surface area contributed by atoms with Crippen LogP contribution in [0.2, 0.25) is 0 Å². The molecular formula is C20H25NO3. The van der Waals surface area contributed by atoms with E-state index in [1.807, 2.05) is 29.2 Å². The van der Waals surface area contributed by atoms with Gasteiger partial charge in [0.15, 0.2) is 0 Å². The molecule has 1 fully saturated rings. The van der Waals surface area contributed by atoms with Crippen LogP contribution in [0.25, 0.3) is 0 Å². The fourth-order valence-electron chi connectivity index (χ4n) is 3.23. The second-order valence-electron chi connectivity index (χ2n) is 7.10. The first-order valence-electron chi connectivity index (χ1n) is 8.45. The minimum atomic E-state index is -0.290. The molecule has 1 unspecified atom stereocenters. The predicted octanol–water partition coefficient (Wildman–Crippen LogP) is 3.55. The molecule has 1 aromatic carbocycles. The molecule has 1 saturated heterocycles. The van der Waals surface area contributed by atoms with E-state index < -0.39 is 0 Å². The van der Waals surface area contributed by atoms with Crippen LogP contribution in [0.1, 0.15) is 36.7 Å². The average molecular weight is 327 g/mol. The lowest BCUT2D eigenvalue weighted by atomic mass is 9.90. The Morgan fingerprint density at radius 2 is 2.00 bits per heavy atom. The first-order valence-corrected chi connectivity index (χ1v) is 8.45. The van der Waals surface area contributed by atoms with Crippen molar-refractivity contribution < 1.29 is 13.9 Å². The first-order chi connectivity index (χ1) is 11.5. The van der Waals surface area contributed by atoms with E-state index in [0.717, 1.165) is 11.3 Å². The van der Waals surface area contributed by atoms with Gasteiger partial charge in [-0.15, -0.1) is 0 Å². The van der Waals surface area contributed by atoms with Crippen molar-refractivity contribution >= 4 is 5.91 Å². The van der Waals surface area contributed by atoms with Crippen molar-refractivity contribution in [2.24, 2.45) is 0 Å². The Morgan fingerprint density at radius 3 is 2.62 bits per heavy atom. The Bertz CT molecular complexity index is 673. The largest absolute Gasteiger partial charge is 0.469 e. The van der Waals surface area contributed by atoms with Crippen molar-refractivity contribution in [3.63, 3.8) is 0 Å². The summed E-state index contributed by atoms with van der Waals surface area (Å²) in [5, 5.41) is 0. The molecule has 4 nitrogen and oxygen atoms in total. The summed E-state index contributed by atoms with van der Waals surface area (Å²) in [6.07, 6.45) is 2.23. The van der Waals surface area contributed by atoms with Crippen LogP contribution in [0.4, 0.5) is 0 Å². The van der Waals surface area contributed by atoms with Gasteiger partial charge in [0.05, 0.1) is 30.9 Å². The van der Waals surface area contributed by atoms with E-state index in [1.54, 1.807) is 6.26 Å². The molecule has 2 heterocycles. The maximum Gasteiger partial charge on any atom is 0.231 e. The molecule has 0 spiro atoms. The number of furan rings is 1. The second kappa shape index (κ2) is 6.81. The van der Waals surface area contributed by atoms with Gasteiger partial charge in [-0.25, -0.2) is 0 Å². The highest BCUT2D eigenvalue weighted by Gasteiger charge is 2.38. The number of carbonyl (C=O) groups is 1. The van der Waals surface area contributed by atoms with E-state index in [9.17, 15) is 4.79 Å². The van der Waals surface area contributed by atoms with Gasteiger partial charge in [0.2, 0.25) is 5.91 Å². The van der Waals surface area contributed by atoms with E-state index >= 15 is 0 Å². The maximum absolute atomic E-state index is 13.4. The zero-order chi connectivity index (χ0) is 17.2. The topological polar surface area (TPSA) is 42.7 Å². The molecule has 0 N–H and O–H groups in total. The van der Waals surface area contributed by atoms with E-state index in [2.05, 4.69) is 32.9 Å². The number of hydrogen-bond acceptors (Lipinski definition) is 3. The minimum absolute atomic E-state index is 0.142. The van der Waals surface area contributed by atoms with Crippen LogP contribution in [0.5, 0.6) is 0 Å². The molecule has 24 heavy (non-hydrogen) atoms. The normalized spacial score (nSPS) is 18.4. The molecule has 0 saturated carbocycles. The maximum atomic E-state index is 13.4. The zero-order valence-corrected chi connectivity index (χ0v) is 14.6. The number of hydrogen-bond donors (Lipinski definition) is 0. The number of morpholine rings is 1. The SMILES string of the molecule is Cc1ccc(C(Cc2ccco2)C(=O)N2CCOCC2(C)C)cc1. The number of benzene rings is 1. The summed E-state index contributed by atoms with van der Waals surface area (Å²) >= 11 is 0. The summed E-state index contributed by atoms with van der Waals surface area (Å²) < 4.78 is 11.1. The van der Waals surface area contributed by atoms with Crippen molar-refractivity contribution in [3.8, 4) is 0 Å². The molecule has 128 valence electrons. The van der Waals surface area contributed by atoms with Crippen LogP contribution in [-0.2, 0) is 16.0 Å². The molecule has 1 atom stereocenters. The summed E-state index contributed by atoms with van der Waals surface area (Å²) in [5.74, 6) is 0.734. The standard InChI is InChI=1S/C20H25NO3/c1-15-6-8-16(9-7-15)18(13-17-5-4-11-24-17)19(22)21-10-12-23-14-20(21,2)3/h4-9,11,18H,10,12-14H2,1-3H3. The molecule has 4 heteroatoms. The Labute approximate surface area is 143 Å². The minimum Gasteiger partial charge on any atom is -0.469 e. The van der Waals surface area contributed by atoms with E-state index in [1.165, 1.54) is 5.56 Å². The predicted molar refractivity (Wildman–Crippen MR) is 92.9 cm³/mol. The molecule has 0 bridgehead atoms. The number of rotatable bonds is 4. The van der Waals surface area contributed by atoms with Crippen molar-refractivity contribution in [1.82, 2.24) is 4.90 Å². The molecule has 0 radical (unpaired) electrons. The second-order valence-corrected chi connectivity index (χ2v) is 7.10. The van der Waals surface area contributed by atoms with Gasteiger partial charge in [0.25, 0.3) is 0 Å². The van der Waals surface area contributed by atoms with Crippen LogP contribution in [-0.4, -0.2) is 36.1 Å². The van der Waals surface area contributed by atoms with Crippen LogP contribution in [0.3, 0.4) is 0 Å². The highest BCUT2D eigenvalue weighted by molar-refractivity contribution is 5.84. The number of nitrogens with zero attached hydrogens (tertiary/aromatic N) is 1. The summed E-state index contributed by atoms with van der Waals surface area (Å²) in [4.78, 5) is 15.3. The summed E-state index contributed by atoms with van der Waals surface area (Å²) in [6.45, 7) is 7.97. The Hall–Kier alpha value is -2.07. The van der Waals surface area contributed by atoms with Gasteiger partial charge < -0.3 is 14.1 Å². The van der Waals surface area contributed by atoms with E-state index in [4.69, 9.17) is 9.15 Å². The smallest absolute Gasteiger partial charge is 0.231 e. The van der Waals surface area contributed by atoms with Crippen molar-refractivity contribution in [2.75, 3.05) is 19.8 Å². The van der Waals surface area contributed by atoms with Gasteiger partial charge >= 0.3 is 0 Å². The van der Waals surface area contributed by atoms with Crippen LogP contribution >= 0.6 is 0 Å². The Balaban J connectivity index is 1.91. The molecule has 2 aromatic rings. The zero-order valence-electron chi connectivity index (χ0n) is 14.6. The quantitative estimate of drug-likeness (QED) is 0.862. The summed E-state index contributed by atoms with van der Waals surface area (Å²) in [5.41, 5.74) is 1.93. The fourth-order valence-corrected chi connectivity index (χ4v) is 3.23. The Kier molecular flexibility index (Phi) is 4.76. The molecule has 1 aliphatic heterocycles. The third-order valence-corrected chi connectivity index (χ3v) is 4.67. The average Bonchev–Trinajstić information content (AvgIpc) is 3.06. The summed E-state index contributed by atoms with van der Waals surface area (Å²) in [6, 6.07) is 12.0. The van der Waals surface area contributed by atoms with E-state index in [0.29, 0.717) is 26.2 Å². The Morgan fingerprint density at radius 1 is 1.25 bits per heavy atom. The number of carbonyl (C=O) groups excluding carboxylic acids is 1. The van der Waals surface area contributed by atoms with Gasteiger partial charge in [-0.1, -0.05) is 29.8 Å². The fraction of sp³-hybridized carbons (Fsp3) is 0.450. The van der Waals surface area contributed by atoms with Crippen LogP contribution in [0.15, 0.2) is 47.1 Å². The van der Waals surface area contributed by atoms with Crippen molar-refractivity contribution in [2.45, 2.75) is 38.6 Å². The molecule has 1 aliphatic rings. The number of amides is 1. The third-order valence-electron chi connectivity index (χ3n) is 4.67. The number of ether oxygens (including phenoxy) is 1. The molecule has 3 rings (SSSR count). The van der Waals surface area contributed by atoms with Gasteiger partial charge in [0, 0.05) is 13.0 Å². The number of aryl methyl sites for hydroxylation is 1. The highest BCUT2D eigenvalue weighted by atomic mass is 16.5. The lowest BCUT2D eigenvalue weighted by Crippen LogP contribution is -2.56. The molecule has 1 amide bonds. The van der Waals surface area contributed by atoms with Crippen molar-refractivity contribution in [3.05, 3.63) is 59.5 Å². The van der Waals surface area contributed by atoms with Gasteiger partial charge in [-0.2, -0.15) is 0 Å². The molecule has 0 aliphatic carbocycles. The van der Waals surface area contributed by atoms with Crippen molar-refractivity contribution in [1.29, 1.82) is 0 Å². The summed E-state index contributed by atoms with van der Waals surface area (Å²) in [7, 11) is 0. The lowest BCUT2D eigenvalue weighted by molar-refractivity contribution is -0.148. The third kappa shape index (κ3) is 3.54. The van der Waals surface area contributed by atoms with Crippen LogP contribution in [0, 0.1) is 6.92 Å². The monoisotopic (exact) mass is 327 g/mol. The van der Waals surface area contributed by atoms with Gasteiger partial charge in [0.1, 0.15) is 5.76 Å². The molecule has 1 aromatic heterocycles. The lowest BCUT2D eigenvalue weighted by Gasteiger charge is -2.43.